The third-order valence-electron chi connectivity index (χ3n) is 5.38. The van der Waals surface area contributed by atoms with Gasteiger partial charge in [0.25, 0.3) is 0 Å². The van der Waals surface area contributed by atoms with Crippen LogP contribution in [-0.2, 0) is 17.8 Å². The predicted molar refractivity (Wildman–Crippen MR) is 124 cm³/mol. The van der Waals surface area contributed by atoms with Crippen LogP contribution in [0.2, 0.25) is 0 Å². The summed E-state index contributed by atoms with van der Waals surface area (Å²) < 4.78 is 0. The van der Waals surface area contributed by atoms with Crippen molar-refractivity contribution in [3.63, 3.8) is 0 Å². The van der Waals surface area contributed by atoms with Gasteiger partial charge in [0.05, 0.1) is 0 Å². The molecule has 6 heteroatoms. The number of nitrogens with one attached hydrogen (secondary N) is 1. The first-order chi connectivity index (χ1) is 15.0. The van der Waals surface area contributed by atoms with E-state index in [2.05, 4.69) is 29.0 Å². The fraction of sp³-hybridized carbons (Fsp3) is 0.400. The number of hydrogen-bond donors (Lipinski definition) is 2. The molecule has 0 radical (unpaired) electrons. The molecule has 1 heterocycles. The van der Waals surface area contributed by atoms with E-state index in [1.165, 1.54) is 36.9 Å². The predicted octanol–water partition coefficient (Wildman–Crippen LogP) is 5.22. The lowest BCUT2D eigenvalue weighted by molar-refractivity contribution is -0.117. The van der Waals surface area contributed by atoms with E-state index in [9.17, 15) is 9.90 Å². The highest BCUT2D eigenvalue weighted by Gasteiger charge is 2.15. The number of unbranched alkanes of at least 4 members (excludes halogenated alkanes) is 5. The maximum Gasteiger partial charge on any atom is 0.246 e. The topological polar surface area (TPSA) is 80.0 Å². The minimum atomic E-state index is -0.231. The van der Waals surface area contributed by atoms with Crippen LogP contribution in [-0.4, -0.2) is 26.0 Å². The van der Waals surface area contributed by atoms with Gasteiger partial charge >= 0.3 is 0 Å². The normalized spacial score (nSPS) is 11.0. The number of aromatic nitrogens is 3. The van der Waals surface area contributed by atoms with Crippen LogP contribution in [0, 0.1) is 0 Å². The first-order valence-corrected chi connectivity index (χ1v) is 11.1. The molecule has 6 nitrogen and oxygen atoms in total. The van der Waals surface area contributed by atoms with Crippen LogP contribution in [0.15, 0.2) is 48.6 Å². The molecule has 2 aromatic carbocycles. The fourth-order valence-corrected chi connectivity index (χ4v) is 3.58. The van der Waals surface area contributed by atoms with Crippen LogP contribution < -0.4 is 5.32 Å². The molecule has 3 aromatic rings. The molecule has 0 bridgehead atoms. The van der Waals surface area contributed by atoms with Gasteiger partial charge in [-0.2, -0.15) is 0 Å². The van der Waals surface area contributed by atoms with Gasteiger partial charge < -0.3 is 10.4 Å². The van der Waals surface area contributed by atoms with Crippen molar-refractivity contribution in [1.82, 2.24) is 20.3 Å². The van der Waals surface area contributed by atoms with E-state index in [4.69, 9.17) is 0 Å². The van der Waals surface area contributed by atoms with Crippen molar-refractivity contribution in [2.45, 2.75) is 65.3 Å². The Kier molecular flexibility index (Phi) is 7.82. The molecule has 0 aliphatic carbocycles. The highest BCUT2D eigenvalue weighted by atomic mass is 16.3. The van der Waals surface area contributed by atoms with Crippen LogP contribution in [0.4, 0.5) is 0 Å². The van der Waals surface area contributed by atoms with E-state index in [0.717, 1.165) is 29.4 Å². The van der Waals surface area contributed by atoms with Crippen LogP contribution in [0.3, 0.4) is 0 Å². The molecule has 0 spiro atoms. The summed E-state index contributed by atoms with van der Waals surface area (Å²) in [6.45, 7) is 7.77. The van der Waals surface area contributed by atoms with Crippen molar-refractivity contribution < 1.29 is 9.90 Å². The van der Waals surface area contributed by atoms with Crippen molar-refractivity contribution >= 4 is 16.9 Å². The molecule has 0 unspecified atom stereocenters. The molecule has 1 aromatic heterocycles. The van der Waals surface area contributed by atoms with Gasteiger partial charge in [0.2, 0.25) is 5.91 Å². The number of aryl methyl sites for hydroxylation is 1. The number of phenolic OH excluding ortho intramolecular Hbond substituents is 1. The third kappa shape index (κ3) is 5.94. The van der Waals surface area contributed by atoms with Crippen molar-refractivity contribution in [2.75, 3.05) is 0 Å². The molecule has 0 aliphatic heterocycles. The van der Waals surface area contributed by atoms with E-state index in [1.54, 1.807) is 6.92 Å². The summed E-state index contributed by atoms with van der Waals surface area (Å²) in [5.74, 6) is -0.153. The second kappa shape index (κ2) is 10.8. The van der Waals surface area contributed by atoms with Gasteiger partial charge in [-0.3, -0.25) is 4.79 Å². The Morgan fingerprint density at radius 1 is 1.06 bits per heavy atom. The maximum atomic E-state index is 12.0. The Labute approximate surface area is 184 Å². The number of carbonyl (C=O) groups is 1. The molecular weight excluding hydrogens is 388 g/mol. The summed E-state index contributed by atoms with van der Waals surface area (Å²) in [5, 5.41) is 22.8. The molecule has 3 rings (SSSR count). The molecule has 1 amide bonds. The number of benzene rings is 2. The Balaban J connectivity index is 1.85. The first kappa shape index (κ1) is 22.5. The first-order valence-electron chi connectivity index (χ1n) is 11.1. The fourth-order valence-electron chi connectivity index (χ4n) is 3.58. The summed E-state index contributed by atoms with van der Waals surface area (Å²) in [5.41, 5.74) is 4.24. The Bertz CT molecular complexity index is 1020. The number of nitrogens with zero attached hydrogens (tertiary/aromatic N) is 3. The molecule has 31 heavy (non-hydrogen) atoms. The summed E-state index contributed by atoms with van der Waals surface area (Å²) in [6, 6.07) is 11.5. The average Bonchev–Trinajstić information content (AvgIpc) is 3.19. The minimum absolute atomic E-state index is 0.0778. The number of fused-ring (bicyclic) bond motifs is 1. The highest BCUT2D eigenvalue weighted by molar-refractivity contribution is 5.92. The summed E-state index contributed by atoms with van der Waals surface area (Å²) in [6.07, 6.45) is 8.22. The molecule has 0 aliphatic rings. The second-order valence-corrected chi connectivity index (χ2v) is 8.08. The lowest BCUT2D eigenvalue weighted by Gasteiger charge is -2.13. The van der Waals surface area contributed by atoms with Gasteiger partial charge in [0.1, 0.15) is 22.5 Å². The lowest BCUT2D eigenvalue weighted by Crippen LogP contribution is -2.23. The molecule has 2 N–H and O–H groups in total. The van der Waals surface area contributed by atoms with Gasteiger partial charge in [0, 0.05) is 17.7 Å². The van der Waals surface area contributed by atoms with Gasteiger partial charge in [-0.25, -0.2) is 0 Å². The summed E-state index contributed by atoms with van der Waals surface area (Å²) >= 11 is 0. The van der Waals surface area contributed by atoms with Crippen LogP contribution in [0.1, 0.15) is 63.5 Å². The van der Waals surface area contributed by atoms with E-state index in [1.807, 2.05) is 36.4 Å². The van der Waals surface area contributed by atoms with E-state index < -0.39 is 0 Å². The van der Waals surface area contributed by atoms with Crippen LogP contribution in [0.25, 0.3) is 16.7 Å². The zero-order chi connectivity index (χ0) is 22.2. The number of hydrogen-bond acceptors (Lipinski definition) is 4. The zero-order valence-electron chi connectivity index (χ0n) is 18.5. The average molecular weight is 421 g/mol. The van der Waals surface area contributed by atoms with E-state index in [-0.39, 0.29) is 18.2 Å². The quantitative estimate of drug-likeness (QED) is 0.329. The standard InChI is InChI=1S/C25H32N4O2/c1-4-5-6-7-8-9-12-19-15-20(17-26-25(31)18(2)3)24(30)23(16-19)29-27-21-13-10-11-14-22(21)28-29/h10-11,13-16,30H,2,4-9,12,17H2,1,3H3,(H,26,31). The molecule has 0 atom stereocenters. The number of phenols is 1. The smallest absolute Gasteiger partial charge is 0.246 e. The molecule has 0 saturated carbocycles. The third-order valence-corrected chi connectivity index (χ3v) is 5.38. The largest absolute Gasteiger partial charge is 0.505 e. The Morgan fingerprint density at radius 3 is 2.35 bits per heavy atom. The van der Waals surface area contributed by atoms with Crippen molar-refractivity contribution in [1.29, 1.82) is 0 Å². The molecule has 0 fully saturated rings. The number of aromatic hydroxyl groups is 1. The van der Waals surface area contributed by atoms with Gasteiger partial charge in [-0.05, 0) is 43.5 Å². The van der Waals surface area contributed by atoms with E-state index in [0.29, 0.717) is 16.8 Å². The van der Waals surface area contributed by atoms with Gasteiger partial charge in [-0.15, -0.1) is 15.0 Å². The maximum absolute atomic E-state index is 12.0. The minimum Gasteiger partial charge on any atom is -0.505 e. The SMILES string of the molecule is C=C(C)C(=O)NCc1cc(CCCCCCCC)cc(-n2nc3ccccc3n2)c1O. The van der Waals surface area contributed by atoms with Crippen LogP contribution in [0.5, 0.6) is 5.75 Å². The summed E-state index contributed by atoms with van der Waals surface area (Å²) in [4.78, 5) is 13.4. The highest BCUT2D eigenvalue weighted by Crippen LogP contribution is 2.29. The van der Waals surface area contributed by atoms with Gasteiger partial charge in [0.15, 0.2) is 0 Å². The Morgan fingerprint density at radius 2 is 1.71 bits per heavy atom. The Hall–Kier alpha value is -3.15. The number of rotatable bonds is 11. The number of carbonyl (C=O) groups excluding carboxylic acids is 1. The number of amides is 1. The summed E-state index contributed by atoms with van der Waals surface area (Å²) in [7, 11) is 0. The van der Waals surface area contributed by atoms with Gasteiger partial charge in [-0.1, -0.05) is 63.8 Å². The molecular formula is C25H32N4O2. The van der Waals surface area contributed by atoms with Crippen LogP contribution >= 0.6 is 0 Å². The van der Waals surface area contributed by atoms with Crippen molar-refractivity contribution in [2.24, 2.45) is 0 Å². The molecule has 0 saturated heterocycles. The monoisotopic (exact) mass is 420 g/mol. The zero-order valence-corrected chi connectivity index (χ0v) is 18.5. The second-order valence-electron chi connectivity index (χ2n) is 8.08. The van der Waals surface area contributed by atoms with E-state index >= 15 is 0 Å². The van der Waals surface area contributed by atoms with Crippen molar-refractivity contribution in [3.8, 4) is 11.4 Å². The molecule has 164 valence electrons. The van der Waals surface area contributed by atoms with Crippen molar-refractivity contribution in [3.05, 3.63) is 59.7 Å². The lowest BCUT2D eigenvalue weighted by atomic mass is 10.0.